The Morgan fingerprint density at radius 3 is 2.21 bits per heavy atom. The Labute approximate surface area is 118 Å². The van der Waals surface area contributed by atoms with E-state index >= 15 is 0 Å². The molecule has 1 fully saturated rings. The molecular formula is C15H19NO2S. The molecule has 2 rings (SSSR count). The zero-order valence-electron chi connectivity index (χ0n) is 11.3. The van der Waals surface area contributed by atoms with Gasteiger partial charge >= 0.3 is 0 Å². The van der Waals surface area contributed by atoms with E-state index in [0.717, 1.165) is 11.5 Å². The van der Waals surface area contributed by atoms with Crippen LogP contribution in [0.15, 0.2) is 30.3 Å². The molecule has 1 heterocycles. The van der Waals surface area contributed by atoms with E-state index in [9.17, 15) is 9.59 Å². The summed E-state index contributed by atoms with van der Waals surface area (Å²) in [6.45, 7) is 4.20. The highest BCUT2D eigenvalue weighted by Gasteiger charge is 2.41. The van der Waals surface area contributed by atoms with Crippen molar-refractivity contribution in [2.75, 3.05) is 12.3 Å². The largest absolute Gasteiger partial charge is 0.281 e. The van der Waals surface area contributed by atoms with E-state index in [1.165, 1.54) is 10.5 Å². The number of hydrogen-bond donors (Lipinski definition) is 0. The second-order valence-electron chi connectivity index (χ2n) is 4.94. The number of likely N-dealkylation sites (tertiary alicyclic amines) is 1. The summed E-state index contributed by atoms with van der Waals surface area (Å²) < 4.78 is 0. The van der Waals surface area contributed by atoms with Crippen LogP contribution in [0.2, 0.25) is 0 Å². The molecule has 2 amide bonds. The van der Waals surface area contributed by atoms with Crippen LogP contribution in [0.25, 0.3) is 0 Å². The maximum Gasteiger partial charge on any atom is 0.232 e. The Hall–Kier alpha value is -1.29. The van der Waals surface area contributed by atoms with Gasteiger partial charge in [-0.1, -0.05) is 44.2 Å². The molecule has 0 unspecified atom stereocenters. The number of imide groups is 1. The fourth-order valence-electron chi connectivity index (χ4n) is 2.17. The summed E-state index contributed by atoms with van der Waals surface area (Å²) in [5.74, 6) is 1.36. The van der Waals surface area contributed by atoms with Crippen molar-refractivity contribution in [3.8, 4) is 0 Å². The number of hydrogen-bond acceptors (Lipinski definition) is 3. The summed E-state index contributed by atoms with van der Waals surface area (Å²) in [7, 11) is 0. The van der Waals surface area contributed by atoms with Crippen LogP contribution in [-0.4, -0.2) is 29.0 Å². The number of thioether (sulfide) groups is 1. The first kappa shape index (κ1) is 14.1. The molecule has 1 aliphatic rings. The van der Waals surface area contributed by atoms with Crippen LogP contribution in [0.4, 0.5) is 0 Å². The van der Waals surface area contributed by atoms with Gasteiger partial charge in [0.25, 0.3) is 0 Å². The second kappa shape index (κ2) is 6.24. The third-order valence-electron chi connectivity index (χ3n) is 3.63. The summed E-state index contributed by atoms with van der Waals surface area (Å²) >= 11 is 1.75. The third kappa shape index (κ3) is 3.18. The Morgan fingerprint density at radius 1 is 1.05 bits per heavy atom. The molecule has 19 heavy (non-hydrogen) atoms. The van der Waals surface area contributed by atoms with Gasteiger partial charge in [0.2, 0.25) is 11.8 Å². The zero-order chi connectivity index (χ0) is 13.8. The summed E-state index contributed by atoms with van der Waals surface area (Å²) in [5, 5.41) is 0. The van der Waals surface area contributed by atoms with Crippen LogP contribution in [-0.2, 0) is 15.3 Å². The first-order valence-electron chi connectivity index (χ1n) is 6.58. The number of benzene rings is 1. The predicted octanol–water partition coefficient (Wildman–Crippen LogP) is 2.56. The van der Waals surface area contributed by atoms with Crippen LogP contribution in [0, 0.1) is 11.8 Å². The quantitative estimate of drug-likeness (QED) is 0.613. The number of nitrogens with zero attached hydrogens (tertiary/aromatic N) is 1. The van der Waals surface area contributed by atoms with Crippen LogP contribution >= 0.6 is 11.8 Å². The lowest BCUT2D eigenvalue weighted by molar-refractivity contribution is -0.139. The minimum absolute atomic E-state index is 0.0159. The SMILES string of the molecule is C[C@@H]1C(=O)N(CCSCc2ccccc2)C(=O)[C@@H]1C. The monoisotopic (exact) mass is 277 g/mol. The molecule has 0 bridgehead atoms. The molecule has 0 N–H and O–H groups in total. The summed E-state index contributed by atoms with van der Waals surface area (Å²) in [5.41, 5.74) is 1.27. The molecule has 1 saturated heterocycles. The molecular weight excluding hydrogens is 258 g/mol. The van der Waals surface area contributed by atoms with E-state index in [-0.39, 0.29) is 23.7 Å². The van der Waals surface area contributed by atoms with Crippen molar-refractivity contribution in [3.63, 3.8) is 0 Å². The van der Waals surface area contributed by atoms with Gasteiger partial charge in [-0.2, -0.15) is 11.8 Å². The fraction of sp³-hybridized carbons (Fsp3) is 0.467. The molecule has 0 spiro atoms. The lowest BCUT2D eigenvalue weighted by Gasteiger charge is -2.13. The molecule has 1 aromatic carbocycles. The fourth-order valence-corrected chi connectivity index (χ4v) is 3.05. The highest BCUT2D eigenvalue weighted by atomic mass is 32.2. The van der Waals surface area contributed by atoms with E-state index in [4.69, 9.17) is 0 Å². The van der Waals surface area contributed by atoms with Crippen LogP contribution < -0.4 is 0 Å². The lowest BCUT2D eigenvalue weighted by atomic mass is 10.00. The molecule has 4 heteroatoms. The standard InChI is InChI=1S/C15H19NO2S/c1-11-12(2)15(18)16(14(11)17)8-9-19-10-13-6-4-3-5-7-13/h3-7,11-12H,8-10H2,1-2H3/t11-,12+. The van der Waals surface area contributed by atoms with E-state index in [1.807, 2.05) is 32.0 Å². The van der Waals surface area contributed by atoms with Crippen molar-refractivity contribution in [3.05, 3.63) is 35.9 Å². The van der Waals surface area contributed by atoms with E-state index in [2.05, 4.69) is 12.1 Å². The Morgan fingerprint density at radius 2 is 1.63 bits per heavy atom. The van der Waals surface area contributed by atoms with E-state index in [1.54, 1.807) is 11.8 Å². The summed E-state index contributed by atoms with van der Waals surface area (Å²) in [6.07, 6.45) is 0. The van der Waals surface area contributed by atoms with Gasteiger partial charge in [-0.15, -0.1) is 0 Å². The molecule has 2 atom stereocenters. The molecule has 0 saturated carbocycles. The number of carbonyl (C=O) groups excluding carboxylic acids is 2. The molecule has 3 nitrogen and oxygen atoms in total. The highest BCUT2D eigenvalue weighted by molar-refractivity contribution is 7.98. The molecule has 0 aromatic heterocycles. The lowest BCUT2D eigenvalue weighted by Crippen LogP contribution is -2.32. The summed E-state index contributed by atoms with van der Waals surface area (Å²) in [4.78, 5) is 25.2. The molecule has 1 aromatic rings. The molecule has 102 valence electrons. The highest BCUT2D eigenvalue weighted by Crippen LogP contribution is 2.25. The Balaban J connectivity index is 1.77. The average Bonchev–Trinajstić information content (AvgIpc) is 2.62. The topological polar surface area (TPSA) is 37.4 Å². The van der Waals surface area contributed by atoms with Crippen molar-refractivity contribution in [2.24, 2.45) is 11.8 Å². The second-order valence-corrected chi connectivity index (χ2v) is 6.05. The van der Waals surface area contributed by atoms with Gasteiger partial charge in [-0.25, -0.2) is 0 Å². The van der Waals surface area contributed by atoms with Gasteiger partial charge in [0, 0.05) is 29.9 Å². The van der Waals surface area contributed by atoms with E-state index < -0.39 is 0 Å². The van der Waals surface area contributed by atoms with Gasteiger partial charge in [-0.3, -0.25) is 14.5 Å². The minimum Gasteiger partial charge on any atom is -0.281 e. The smallest absolute Gasteiger partial charge is 0.232 e. The van der Waals surface area contributed by atoms with Crippen molar-refractivity contribution in [1.82, 2.24) is 4.90 Å². The van der Waals surface area contributed by atoms with Crippen molar-refractivity contribution in [2.45, 2.75) is 19.6 Å². The maximum absolute atomic E-state index is 11.9. The van der Waals surface area contributed by atoms with Gasteiger partial charge in [0.05, 0.1) is 0 Å². The number of amides is 2. The average molecular weight is 277 g/mol. The van der Waals surface area contributed by atoms with Crippen LogP contribution in [0.1, 0.15) is 19.4 Å². The molecule has 0 radical (unpaired) electrons. The third-order valence-corrected chi connectivity index (χ3v) is 4.64. The van der Waals surface area contributed by atoms with Crippen molar-refractivity contribution in [1.29, 1.82) is 0 Å². The predicted molar refractivity (Wildman–Crippen MR) is 77.7 cm³/mol. The zero-order valence-corrected chi connectivity index (χ0v) is 12.2. The number of rotatable bonds is 5. The summed E-state index contributed by atoms with van der Waals surface area (Å²) in [6, 6.07) is 10.2. The minimum atomic E-state index is -0.161. The van der Waals surface area contributed by atoms with Crippen molar-refractivity contribution >= 4 is 23.6 Å². The van der Waals surface area contributed by atoms with Gasteiger partial charge in [-0.05, 0) is 5.56 Å². The number of carbonyl (C=O) groups is 2. The molecule has 1 aliphatic heterocycles. The normalized spacial score (nSPS) is 23.2. The first-order chi connectivity index (χ1) is 9.11. The Kier molecular flexibility index (Phi) is 4.64. The van der Waals surface area contributed by atoms with E-state index in [0.29, 0.717) is 6.54 Å². The Bertz CT molecular complexity index is 440. The van der Waals surface area contributed by atoms with Crippen LogP contribution in [0.5, 0.6) is 0 Å². The van der Waals surface area contributed by atoms with Crippen LogP contribution in [0.3, 0.4) is 0 Å². The van der Waals surface area contributed by atoms with Gasteiger partial charge in [0.1, 0.15) is 0 Å². The van der Waals surface area contributed by atoms with Gasteiger partial charge < -0.3 is 0 Å². The molecule has 0 aliphatic carbocycles. The van der Waals surface area contributed by atoms with Gasteiger partial charge in [0.15, 0.2) is 0 Å². The van der Waals surface area contributed by atoms with Crippen molar-refractivity contribution < 1.29 is 9.59 Å². The maximum atomic E-state index is 11.9. The first-order valence-corrected chi connectivity index (χ1v) is 7.73.